The van der Waals surface area contributed by atoms with E-state index in [1.54, 1.807) is 0 Å². The van der Waals surface area contributed by atoms with Crippen molar-refractivity contribution in [2.45, 2.75) is 19.3 Å². The molecular formula is C11H12O2. The van der Waals surface area contributed by atoms with E-state index in [1.165, 1.54) is 5.56 Å². The minimum Gasteiger partial charge on any atom is -0.493 e. The van der Waals surface area contributed by atoms with Crippen molar-refractivity contribution in [1.82, 2.24) is 0 Å². The van der Waals surface area contributed by atoms with E-state index >= 15 is 0 Å². The van der Waals surface area contributed by atoms with Gasteiger partial charge in [0.1, 0.15) is 12.0 Å². The van der Waals surface area contributed by atoms with Gasteiger partial charge in [0.15, 0.2) is 0 Å². The van der Waals surface area contributed by atoms with Crippen LogP contribution in [0, 0.1) is 0 Å². The first-order valence-electron chi connectivity index (χ1n) is 4.53. The van der Waals surface area contributed by atoms with Gasteiger partial charge in [-0.2, -0.15) is 0 Å². The van der Waals surface area contributed by atoms with Gasteiger partial charge < -0.3 is 9.53 Å². The molecule has 0 radical (unpaired) electrons. The van der Waals surface area contributed by atoms with Crippen LogP contribution in [0.4, 0.5) is 0 Å². The molecule has 0 aliphatic carbocycles. The van der Waals surface area contributed by atoms with E-state index in [0.717, 1.165) is 30.6 Å². The average molecular weight is 176 g/mol. The highest BCUT2D eigenvalue weighted by atomic mass is 16.5. The Morgan fingerprint density at radius 2 is 2.38 bits per heavy atom. The molecule has 2 heteroatoms. The number of benzene rings is 1. The minimum atomic E-state index is -0.0620. The van der Waals surface area contributed by atoms with E-state index in [9.17, 15) is 4.79 Å². The second-order valence-electron chi connectivity index (χ2n) is 3.36. The molecule has 68 valence electrons. The van der Waals surface area contributed by atoms with Crippen LogP contribution in [0.1, 0.15) is 24.0 Å². The molecule has 1 aromatic carbocycles. The van der Waals surface area contributed by atoms with Crippen LogP contribution in [0.25, 0.3) is 0 Å². The van der Waals surface area contributed by atoms with E-state index in [-0.39, 0.29) is 5.92 Å². The van der Waals surface area contributed by atoms with Crippen molar-refractivity contribution in [1.29, 1.82) is 0 Å². The second kappa shape index (κ2) is 3.21. The monoisotopic (exact) mass is 176 g/mol. The maximum atomic E-state index is 10.6. The summed E-state index contributed by atoms with van der Waals surface area (Å²) < 4.78 is 5.49. The third-order valence-electron chi connectivity index (χ3n) is 2.44. The number of fused-ring (bicyclic) bond motifs is 1. The Morgan fingerprint density at radius 3 is 3.15 bits per heavy atom. The fourth-order valence-corrected chi connectivity index (χ4v) is 1.67. The van der Waals surface area contributed by atoms with Crippen molar-refractivity contribution in [2.24, 2.45) is 0 Å². The first-order valence-corrected chi connectivity index (χ1v) is 4.53. The van der Waals surface area contributed by atoms with Gasteiger partial charge in [-0.15, -0.1) is 0 Å². The fourth-order valence-electron chi connectivity index (χ4n) is 1.67. The SMILES string of the molecule is CC(C=O)c1cccc2c1OCC2. The van der Waals surface area contributed by atoms with Crippen LogP contribution < -0.4 is 4.74 Å². The Morgan fingerprint density at radius 1 is 1.54 bits per heavy atom. The minimum absolute atomic E-state index is 0.0620. The Kier molecular flexibility index (Phi) is 2.05. The van der Waals surface area contributed by atoms with Crippen LogP contribution >= 0.6 is 0 Å². The molecule has 1 aliphatic rings. The molecule has 1 heterocycles. The lowest BCUT2D eigenvalue weighted by molar-refractivity contribution is -0.108. The smallest absolute Gasteiger partial charge is 0.127 e. The Bertz CT molecular complexity index is 331. The summed E-state index contributed by atoms with van der Waals surface area (Å²) in [5.74, 6) is 0.871. The molecule has 2 nitrogen and oxygen atoms in total. The lowest BCUT2D eigenvalue weighted by atomic mass is 9.99. The Labute approximate surface area is 77.5 Å². The van der Waals surface area contributed by atoms with Crippen molar-refractivity contribution < 1.29 is 9.53 Å². The number of carbonyl (C=O) groups is 1. The third-order valence-corrected chi connectivity index (χ3v) is 2.44. The third kappa shape index (κ3) is 1.32. The number of carbonyl (C=O) groups excluding carboxylic acids is 1. The molecule has 2 rings (SSSR count). The van der Waals surface area contributed by atoms with Gasteiger partial charge in [0, 0.05) is 17.9 Å². The van der Waals surface area contributed by atoms with Gasteiger partial charge in [0.25, 0.3) is 0 Å². The van der Waals surface area contributed by atoms with Crippen LogP contribution in [0.15, 0.2) is 18.2 Å². The molecule has 0 amide bonds. The zero-order valence-corrected chi connectivity index (χ0v) is 7.62. The van der Waals surface area contributed by atoms with E-state index in [0.29, 0.717) is 0 Å². The van der Waals surface area contributed by atoms with Gasteiger partial charge in [-0.1, -0.05) is 25.1 Å². The zero-order chi connectivity index (χ0) is 9.26. The molecule has 0 saturated carbocycles. The van der Waals surface area contributed by atoms with Crippen molar-refractivity contribution in [3.8, 4) is 5.75 Å². The van der Waals surface area contributed by atoms with Crippen molar-refractivity contribution >= 4 is 6.29 Å². The summed E-state index contributed by atoms with van der Waals surface area (Å²) in [7, 11) is 0. The zero-order valence-electron chi connectivity index (χ0n) is 7.62. The predicted molar refractivity (Wildman–Crippen MR) is 50.1 cm³/mol. The first-order chi connectivity index (χ1) is 6.33. The quantitative estimate of drug-likeness (QED) is 0.643. The molecule has 0 bridgehead atoms. The molecule has 1 unspecified atom stereocenters. The van der Waals surface area contributed by atoms with Crippen LogP contribution in [-0.2, 0) is 11.2 Å². The van der Waals surface area contributed by atoms with Gasteiger partial charge in [-0.25, -0.2) is 0 Å². The number of hydrogen-bond donors (Lipinski definition) is 0. The van der Waals surface area contributed by atoms with E-state index in [2.05, 4.69) is 6.07 Å². The first kappa shape index (κ1) is 8.30. The molecule has 0 saturated heterocycles. The lowest BCUT2D eigenvalue weighted by Crippen LogP contribution is -1.97. The molecule has 1 aromatic rings. The normalized spacial score (nSPS) is 16.1. The topological polar surface area (TPSA) is 26.3 Å². The van der Waals surface area contributed by atoms with Crippen molar-refractivity contribution in [3.63, 3.8) is 0 Å². The van der Waals surface area contributed by atoms with Crippen LogP contribution in [0.3, 0.4) is 0 Å². The highest BCUT2D eigenvalue weighted by Crippen LogP contribution is 2.33. The summed E-state index contributed by atoms with van der Waals surface area (Å²) in [5, 5.41) is 0. The maximum Gasteiger partial charge on any atom is 0.127 e. The van der Waals surface area contributed by atoms with Crippen LogP contribution in [0.2, 0.25) is 0 Å². The van der Waals surface area contributed by atoms with Crippen molar-refractivity contribution in [2.75, 3.05) is 6.61 Å². The van der Waals surface area contributed by atoms with E-state index < -0.39 is 0 Å². The van der Waals surface area contributed by atoms with Gasteiger partial charge >= 0.3 is 0 Å². The lowest BCUT2D eigenvalue weighted by Gasteiger charge is -2.09. The molecule has 13 heavy (non-hydrogen) atoms. The predicted octanol–water partition coefficient (Wildman–Crippen LogP) is 1.92. The highest BCUT2D eigenvalue weighted by Gasteiger charge is 2.18. The molecule has 0 fully saturated rings. The van der Waals surface area contributed by atoms with Gasteiger partial charge in [-0.3, -0.25) is 0 Å². The standard InChI is InChI=1S/C11H12O2/c1-8(7-12)10-4-2-3-9-5-6-13-11(9)10/h2-4,7-8H,5-6H2,1H3. The number of hydrogen-bond acceptors (Lipinski definition) is 2. The molecule has 0 spiro atoms. The van der Waals surface area contributed by atoms with Gasteiger partial charge in [0.05, 0.1) is 6.61 Å². The fraction of sp³-hybridized carbons (Fsp3) is 0.364. The molecule has 0 aromatic heterocycles. The molecule has 1 atom stereocenters. The molecule has 1 aliphatic heterocycles. The van der Waals surface area contributed by atoms with Crippen LogP contribution in [-0.4, -0.2) is 12.9 Å². The van der Waals surface area contributed by atoms with Gasteiger partial charge in [-0.05, 0) is 5.56 Å². The number of para-hydroxylation sites is 1. The highest BCUT2D eigenvalue weighted by molar-refractivity contribution is 5.65. The second-order valence-corrected chi connectivity index (χ2v) is 3.36. The molecular weight excluding hydrogens is 164 g/mol. The van der Waals surface area contributed by atoms with E-state index in [1.807, 2.05) is 19.1 Å². The summed E-state index contributed by atoms with van der Waals surface area (Å²) in [4.78, 5) is 10.6. The van der Waals surface area contributed by atoms with Gasteiger partial charge in [0.2, 0.25) is 0 Å². The summed E-state index contributed by atoms with van der Waals surface area (Å²) in [6, 6.07) is 6.01. The summed E-state index contributed by atoms with van der Waals surface area (Å²) in [6.45, 7) is 2.64. The molecule has 0 N–H and O–H groups in total. The average Bonchev–Trinajstić information content (AvgIpc) is 2.63. The summed E-state index contributed by atoms with van der Waals surface area (Å²) >= 11 is 0. The number of rotatable bonds is 2. The van der Waals surface area contributed by atoms with Crippen molar-refractivity contribution in [3.05, 3.63) is 29.3 Å². The summed E-state index contributed by atoms with van der Waals surface area (Å²) in [6.07, 6.45) is 1.92. The van der Waals surface area contributed by atoms with E-state index in [4.69, 9.17) is 4.74 Å². The Balaban J connectivity index is 2.46. The Hall–Kier alpha value is -1.31. The van der Waals surface area contributed by atoms with Crippen LogP contribution in [0.5, 0.6) is 5.75 Å². The number of ether oxygens (including phenoxy) is 1. The number of aldehydes is 1. The largest absolute Gasteiger partial charge is 0.493 e. The maximum absolute atomic E-state index is 10.6. The summed E-state index contributed by atoms with van der Waals surface area (Å²) in [5.41, 5.74) is 2.25.